The Kier molecular flexibility index (Phi) is 7.01. The minimum atomic E-state index is -3.20. The van der Waals surface area contributed by atoms with Crippen LogP contribution in [0.25, 0.3) is 0 Å². The van der Waals surface area contributed by atoms with Gasteiger partial charge in [0.25, 0.3) is 0 Å². The molecule has 2 heterocycles. The third-order valence-corrected chi connectivity index (χ3v) is 6.84. The third kappa shape index (κ3) is 5.74. The molecule has 0 spiro atoms. The lowest BCUT2D eigenvalue weighted by molar-refractivity contribution is 0.180. The first-order valence-corrected chi connectivity index (χ1v) is 11.4. The highest BCUT2D eigenvalue weighted by Crippen LogP contribution is 2.19. The molecule has 0 radical (unpaired) electrons. The number of carbonyl (C=O) groups is 1. The summed E-state index contributed by atoms with van der Waals surface area (Å²) < 4.78 is 39.7. The average molecular weight is 436 g/mol. The van der Waals surface area contributed by atoms with Crippen molar-refractivity contribution in [1.29, 1.82) is 0 Å². The molecule has 2 amide bonds. The highest BCUT2D eigenvalue weighted by atomic mass is 32.2. The maximum atomic E-state index is 14.3. The maximum Gasteiger partial charge on any atom is 0.323 e. The quantitative estimate of drug-likeness (QED) is 0.728. The summed E-state index contributed by atoms with van der Waals surface area (Å²) in [6.45, 7) is 5.65. The van der Waals surface area contributed by atoms with E-state index in [1.54, 1.807) is 31.3 Å². The predicted molar refractivity (Wildman–Crippen MR) is 114 cm³/mol. The number of aromatic nitrogens is 1. The van der Waals surface area contributed by atoms with Crippen LogP contribution in [0, 0.1) is 12.7 Å². The van der Waals surface area contributed by atoms with Crippen LogP contribution in [0.4, 0.5) is 20.6 Å². The fourth-order valence-corrected chi connectivity index (χ4v) is 4.28. The second-order valence-electron chi connectivity index (χ2n) is 7.15. The number of anilines is 2. The maximum absolute atomic E-state index is 14.3. The van der Waals surface area contributed by atoms with Gasteiger partial charge >= 0.3 is 6.03 Å². The van der Waals surface area contributed by atoms with Gasteiger partial charge in [0.05, 0.1) is 17.6 Å². The molecule has 1 aromatic heterocycles. The van der Waals surface area contributed by atoms with Gasteiger partial charge in [0, 0.05) is 49.7 Å². The standard InChI is InChI=1S/C20H26FN5O3S/c1-3-30(28,29)26-10-8-25(9-11-26)14-16-12-17(6-7-19(16)21)23-20(27)24-18-5-4-15(2)22-13-18/h4-7,12-13H,3,8-11,14H2,1-2H3,(H2,23,24,27). The van der Waals surface area contributed by atoms with Gasteiger partial charge in [-0.1, -0.05) is 0 Å². The van der Waals surface area contributed by atoms with Crippen LogP contribution in [0.3, 0.4) is 0 Å². The highest BCUT2D eigenvalue weighted by molar-refractivity contribution is 7.89. The van der Waals surface area contributed by atoms with Gasteiger partial charge in [-0.25, -0.2) is 17.6 Å². The van der Waals surface area contributed by atoms with Crippen molar-refractivity contribution in [3.8, 4) is 0 Å². The lowest BCUT2D eigenvalue weighted by Gasteiger charge is -2.33. The molecule has 0 aliphatic carbocycles. The minimum Gasteiger partial charge on any atom is -0.308 e. The smallest absolute Gasteiger partial charge is 0.308 e. The van der Waals surface area contributed by atoms with Crippen molar-refractivity contribution in [2.75, 3.05) is 42.6 Å². The third-order valence-electron chi connectivity index (χ3n) is 4.96. The number of nitrogens with one attached hydrogen (secondary N) is 2. The molecule has 10 heteroatoms. The van der Waals surface area contributed by atoms with Gasteiger partial charge in [-0.2, -0.15) is 4.31 Å². The Balaban J connectivity index is 1.59. The summed E-state index contributed by atoms with van der Waals surface area (Å²) in [4.78, 5) is 18.3. The molecular weight excluding hydrogens is 409 g/mol. The molecule has 1 fully saturated rings. The van der Waals surface area contributed by atoms with Gasteiger partial charge in [0.2, 0.25) is 10.0 Å². The Hall–Kier alpha value is -2.56. The molecule has 0 atom stereocenters. The summed E-state index contributed by atoms with van der Waals surface area (Å²) in [7, 11) is -3.20. The number of amides is 2. The lowest BCUT2D eigenvalue weighted by Crippen LogP contribution is -2.48. The number of benzene rings is 1. The molecule has 0 bridgehead atoms. The normalized spacial score (nSPS) is 15.7. The lowest BCUT2D eigenvalue weighted by atomic mass is 10.1. The number of piperazine rings is 1. The summed E-state index contributed by atoms with van der Waals surface area (Å²) in [6, 6.07) is 7.50. The molecule has 1 aromatic carbocycles. The van der Waals surface area contributed by atoms with Crippen molar-refractivity contribution >= 4 is 27.4 Å². The Morgan fingerprint density at radius 1 is 1.10 bits per heavy atom. The molecular formula is C20H26FN5O3S. The van der Waals surface area contributed by atoms with E-state index in [9.17, 15) is 17.6 Å². The largest absolute Gasteiger partial charge is 0.323 e. The topological polar surface area (TPSA) is 94.6 Å². The van der Waals surface area contributed by atoms with E-state index in [1.165, 1.54) is 16.4 Å². The van der Waals surface area contributed by atoms with Gasteiger partial charge < -0.3 is 10.6 Å². The van der Waals surface area contributed by atoms with Crippen LogP contribution in [0.5, 0.6) is 0 Å². The fourth-order valence-electron chi connectivity index (χ4n) is 3.20. The molecule has 8 nitrogen and oxygen atoms in total. The molecule has 162 valence electrons. The summed E-state index contributed by atoms with van der Waals surface area (Å²) in [5.41, 5.74) is 2.31. The van der Waals surface area contributed by atoms with Crippen molar-refractivity contribution in [2.45, 2.75) is 20.4 Å². The number of carbonyl (C=O) groups excluding carboxylic acids is 1. The number of hydrogen-bond donors (Lipinski definition) is 2. The van der Waals surface area contributed by atoms with Gasteiger partial charge in [-0.15, -0.1) is 0 Å². The Morgan fingerprint density at radius 3 is 2.40 bits per heavy atom. The van der Waals surface area contributed by atoms with E-state index in [2.05, 4.69) is 15.6 Å². The summed E-state index contributed by atoms with van der Waals surface area (Å²) in [5.74, 6) is -0.289. The van der Waals surface area contributed by atoms with Crippen molar-refractivity contribution in [3.63, 3.8) is 0 Å². The zero-order valence-corrected chi connectivity index (χ0v) is 17.9. The Morgan fingerprint density at radius 2 is 1.77 bits per heavy atom. The van der Waals surface area contributed by atoms with E-state index < -0.39 is 16.1 Å². The minimum absolute atomic E-state index is 0.0794. The summed E-state index contributed by atoms with van der Waals surface area (Å²) in [6.07, 6.45) is 1.56. The summed E-state index contributed by atoms with van der Waals surface area (Å²) >= 11 is 0. The number of urea groups is 1. The molecule has 3 rings (SSSR count). The Bertz CT molecular complexity index is 990. The zero-order valence-electron chi connectivity index (χ0n) is 17.1. The number of rotatable bonds is 6. The van der Waals surface area contributed by atoms with Crippen molar-refractivity contribution in [3.05, 3.63) is 53.6 Å². The molecule has 1 aliphatic heterocycles. The van der Waals surface area contributed by atoms with Gasteiger partial charge in [-0.05, 0) is 44.2 Å². The van der Waals surface area contributed by atoms with Gasteiger partial charge in [0.15, 0.2) is 0 Å². The van der Waals surface area contributed by atoms with E-state index >= 15 is 0 Å². The fraction of sp³-hybridized carbons (Fsp3) is 0.400. The first-order valence-electron chi connectivity index (χ1n) is 9.76. The van der Waals surface area contributed by atoms with Crippen LogP contribution in [0.15, 0.2) is 36.5 Å². The first kappa shape index (κ1) is 22.1. The average Bonchev–Trinajstić information content (AvgIpc) is 2.72. The SMILES string of the molecule is CCS(=O)(=O)N1CCN(Cc2cc(NC(=O)Nc3ccc(C)nc3)ccc2F)CC1. The van der Waals surface area contributed by atoms with Crippen LogP contribution in [-0.4, -0.2) is 60.6 Å². The van der Waals surface area contributed by atoms with Crippen LogP contribution in [0.1, 0.15) is 18.2 Å². The molecule has 30 heavy (non-hydrogen) atoms. The van der Waals surface area contributed by atoms with Crippen LogP contribution >= 0.6 is 0 Å². The number of pyridine rings is 1. The monoisotopic (exact) mass is 435 g/mol. The van der Waals surface area contributed by atoms with Crippen LogP contribution < -0.4 is 10.6 Å². The van der Waals surface area contributed by atoms with E-state index in [0.29, 0.717) is 49.7 Å². The van der Waals surface area contributed by atoms with E-state index in [-0.39, 0.29) is 11.6 Å². The van der Waals surface area contributed by atoms with Crippen molar-refractivity contribution in [1.82, 2.24) is 14.2 Å². The molecule has 2 N–H and O–H groups in total. The van der Waals surface area contributed by atoms with Crippen LogP contribution in [-0.2, 0) is 16.6 Å². The number of sulfonamides is 1. The van der Waals surface area contributed by atoms with E-state index in [0.717, 1.165) is 5.69 Å². The van der Waals surface area contributed by atoms with E-state index in [4.69, 9.17) is 0 Å². The first-order chi connectivity index (χ1) is 14.3. The second-order valence-corrected chi connectivity index (χ2v) is 9.41. The molecule has 2 aromatic rings. The van der Waals surface area contributed by atoms with Crippen molar-refractivity contribution in [2.24, 2.45) is 0 Å². The van der Waals surface area contributed by atoms with E-state index in [1.807, 2.05) is 11.8 Å². The number of nitrogens with zero attached hydrogens (tertiary/aromatic N) is 3. The summed E-state index contributed by atoms with van der Waals surface area (Å²) in [5, 5.41) is 5.37. The van der Waals surface area contributed by atoms with Gasteiger partial charge in [-0.3, -0.25) is 9.88 Å². The van der Waals surface area contributed by atoms with Crippen molar-refractivity contribution < 1.29 is 17.6 Å². The van der Waals surface area contributed by atoms with Gasteiger partial charge in [0.1, 0.15) is 5.82 Å². The molecule has 1 aliphatic rings. The highest BCUT2D eigenvalue weighted by Gasteiger charge is 2.25. The molecule has 0 unspecified atom stereocenters. The number of aryl methyl sites for hydroxylation is 1. The number of halogens is 1. The molecule has 0 saturated carbocycles. The zero-order chi connectivity index (χ0) is 21.7. The predicted octanol–water partition coefficient (Wildman–Crippen LogP) is 2.64. The second kappa shape index (κ2) is 9.50. The Labute approximate surface area is 176 Å². The number of hydrogen-bond acceptors (Lipinski definition) is 5. The molecule has 1 saturated heterocycles. The van der Waals surface area contributed by atoms with Crippen LogP contribution in [0.2, 0.25) is 0 Å².